The average Bonchev–Trinajstić information content (AvgIpc) is 2.90. The summed E-state index contributed by atoms with van der Waals surface area (Å²) in [5.41, 5.74) is 1.64. The first-order chi connectivity index (χ1) is 17.8. The Kier molecular flexibility index (Phi) is 8.10. The van der Waals surface area contributed by atoms with Crippen LogP contribution in [-0.4, -0.2) is 25.6 Å². The summed E-state index contributed by atoms with van der Waals surface area (Å²) < 4.78 is 74.4. The molecule has 0 N–H and O–H groups in total. The monoisotopic (exact) mass is 520 g/mol. The van der Waals surface area contributed by atoms with Crippen molar-refractivity contribution in [2.45, 2.75) is 82.5 Å². The molecule has 0 amide bonds. The molecular weight excluding hydrogens is 484 g/mol. The van der Waals surface area contributed by atoms with Gasteiger partial charge in [0.05, 0.1) is 19.1 Å². The lowest BCUT2D eigenvalue weighted by atomic mass is 9.76. The van der Waals surface area contributed by atoms with Gasteiger partial charge in [-0.25, -0.2) is 8.78 Å². The van der Waals surface area contributed by atoms with E-state index in [-0.39, 0.29) is 36.6 Å². The Morgan fingerprint density at radius 3 is 2.03 bits per heavy atom. The molecule has 1 saturated heterocycles. The third kappa shape index (κ3) is 6.31. The van der Waals surface area contributed by atoms with Gasteiger partial charge < -0.3 is 14.2 Å². The van der Waals surface area contributed by atoms with Gasteiger partial charge in [-0.05, 0) is 105 Å². The lowest BCUT2D eigenvalue weighted by Gasteiger charge is -2.37. The summed E-state index contributed by atoms with van der Waals surface area (Å²) in [7, 11) is 0. The van der Waals surface area contributed by atoms with Gasteiger partial charge in [-0.2, -0.15) is 8.78 Å². The van der Waals surface area contributed by atoms with Crippen molar-refractivity contribution >= 4 is 0 Å². The van der Waals surface area contributed by atoms with Crippen LogP contribution < -0.4 is 4.74 Å². The Morgan fingerprint density at radius 1 is 0.784 bits per heavy atom. The predicted octanol–water partition coefficient (Wildman–Crippen LogP) is 8.19. The third-order valence-corrected chi connectivity index (χ3v) is 8.45. The number of halogens is 4. The quantitative estimate of drug-likeness (QED) is 0.360. The average molecular weight is 521 g/mol. The smallest absolute Gasteiger partial charge is 0.400 e. The number of alkyl halides is 2. The highest BCUT2D eigenvalue weighted by atomic mass is 19.3. The second-order valence-corrected chi connectivity index (χ2v) is 11.2. The minimum atomic E-state index is -3.35. The maximum Gasteiger partial charge on any atom is 0.400 e. The molecule has 5 rings (SSSR count). The maximum atomic E-state index is 15.2. The summed E-state index contributed by atoms with van der Waals surface area (Å²) in [5, 5.41) is 0. The van der Waals surface area contributed by atoms with E-state index < -0.39 is 17.8 Å². The van der Waals surface area contributed by atoms with E-state index in [1.807, 2.05) is 12.1 Å². The highest BCUT2D eigenvalue weighted by Crippen LogP contribution is 2.45. The first kappa shape index (κ1) is 26.5. The van der Waals surface area contributed by atoms with Gasteiger partial charge in [-0.15, -0.1) is 0 Å². The first-order valence-corrected chi connectivity index (χ1v) is 13.6. The van der Waals surface area contributed by atoms with E-state index in [9.17, 15) is 13.2 Å². The zero-order valence-electron chi connectivity index (χ0n) is 21.3. The van der Waals surface area contributed by atoms with E-state index in [0.29, 0.717) is 36.2 Å². The van der Waals surface area contributed by atoms with E-state index in [2.05, 4.69) is 6.92 Å². The van der Waals surface area contributed by atoms with Crippen LogP contribution in [-0.2, 0) is 9.47 Å². The third-order valence-electron chi connectivity index (χ3n) is 8.45. The number of rotatable bonds is 6. The highest BCUT2D eigenvalue weighted by molar-refractivity contribution is 5.30. The molecule has 3 nitrogen and oxygen atoms in total. The molecule has 2 aliphatic carbocycles. The van der Waals surface area contributed by atoms with E-state index in [1.54, 1.807) is 6.07 Å². The largest absolute Gasteiger partial charge is 0.432 e. The van der Waals surface area contributed by atoms with Crippen molar-refractivity contribution in [3.63, 3.8) is 0 Å². The minimum absolute atomic E-state index is 0.0578. The number of benzene rings is 2. The Labute approximate surface area is 216 Å². The van der Waals surface area contributed by atoms with Crippen LogP contribution in [0.5, 0.6) is 5.75 Å². The van der Waals surface area contributed by atoms with Crippen LogP contribution in [0.2, 0.25) is 0 Å². The Hall–Kier alpha value is -2.12. The molecule has 7 heteroatoms. The molecule has 2 aromatic rings. The number of hydrogen-bond acceptors (Lipinski definition) is 3. The van der Waals surface area contributed by atoms with Gasteiger partial charge >= 0.3 is 6.11 Å². The molecule has 2 aromatic carbocycles. The van der Waals surface area contributed by atoms with Gasteiger partial charge in [-0.1, -0.05) is 19.1 Å². The molecule has 202 valence electrons. The van der Waals surface area contributed by atoms with Crippen LogP contribution in [0.25, 0.3) is 0 Å². The van der Waals surface area contributed by atoms with Gasteiger partial charge in [0, 0.05) is 11.8 Å². The van der Waals surface area contributed by atoms with Crippen molar-refractivity contribution < 1.29 is 31.8 Å². The van der Waals surface area contributed by atoms with Crippen LogP contribution in [0.3, 0.4) is 0 Å². The van der Waals surface area contributed by atoms with Crippen molar-refractivity contribution in [3.8, 4) is 5.75 Å². The lowest BCUT2D eigenvalue weighted by Crippen LogP contribution is -2.37. The summed E-state index contributed by atoms with van der Waals surface area (Å²) in [4.78, 5) is 0. The molecule has 0 spiro atoms. The Morgan fingerprint density at radius 2 is 1.41 bits per heavy atom. The molecule has 0 bridgehead atoms. The van der Waals surface area contributed by atoms with Crippen LogP contribution in [0.15, 0.2) is 42.5 Å². The zero-order chi connectivity index (χ0) is 26.0. The van der Waals surface area contributed by atoms with E-state index in [0.717, 1.165) is 56.6 Å². The molecule has 3 fully saturated rings. The van der Waals surface area contributed by atoms with Crippen molar-refractivity contribution in [1.82, 2.24) is 0 Å². The molecule has 0 aromatic heterocycles. The summed E-state index contributed by atoms with van der Waals surface area (Å²) in [6.07, 6.45) is 1.96. The highest BCUT2D eigenvalue weighted by Gasteiger charge is 2.44. The normalized spacial score (nSPS) is 31.2. The fraction of sp³-hybridized carbons (Fsp3) is 0.600. The van der Waals surface area contributed by atoms with Crippen molar-refractivity contribution in [1.29, 1.82) is 0 Å². The summed E-state index contributed by atoms with van der Waals surface area (Å²) >= 11 is 0. The zero-order valence-corrected chi connectivity index (χ0v) is 21.3. The second-order valence-electron chi connectivity index (χ2n) is 11.2. The van der Waals surface area contributed by atoms with Crippen LogP contribution in [0.4, 0.5) is 17.6 Å². The van der Waals surface area contributed by atoms with Crippen LogP contribution >= 0.6 is 0 Å². The van der Waals surface area contributed by atoms with E-state index in [1.165, 1.54) is 12.1 Å². The fourth-order valence-electron chi connectivity index (χ4n) is 6.22. The Bertz CT molecular complexity index is 1020. The van der Waals surface area contributed by atoms with Crippen molar-refractivity contribution in [2.24, 2.45) is 17.8 Å². The molecule has 3 aliphatic rings. The fourth-order valence-corrected chi connectivity index (χ4v) is 6.22. The van der Waals surface area contributed by atoms with E-state index >= 15 is 4.39 Å². The molecule has 0 unspecified atom stereocenters. The SMILES string of the molecule is CC1COC(C2CCC(c3ccc(C4CCC(C(F)(F)Oc5ccc(F)cc5)CC4)c(F)c3)CC2)OC1. The van der Waals surface area contributed by atoms with Gasteiger partial charge in [-0.3, -0.25) is 0 Å². The van der Waals surface area contributed by atoms with Gasteiger partial charge in [0.25, 0.3) is 0 Å². The molecule has 1 aliphatic heterocycles. The second kappa shape index (κ2) is 11.3. The molecule has 1 heterocycles. The number of hydrogen-bond donors (Lipinski definition) is 0. The summed E-state index contributed by atoms with van der Waals surface area (Å²) in [5.74, 6) is -0.667. The molecular formula is C30H36F4O3. The van der Waals surface area contributed by atoms with Crippen molar-refractivity contribution in [3.05, 3.63) is 65.2 Å². The molecule has 2 saturated carbocycles. The molecule has 0 atom stereocenters. The summed E-state index contributed by atoms with van der Waals surface area (Å²) in [6.45, 7) is 3.62. The van der Waals surface area contributed by atoms with E-state index in [4.69, 9.17) is 14.2 Å². The standard InChI is InChI=1S/C30H36F4O3/c1-19-17-35-29(36-18-19)22-4-2-20(3-5-22)23-8-15-27(28(32)16-23)21-6-9-24(10-7-21)30(33,34)37-26-13-11-25(31)12-14-26/h8,11-16,19-22,24,29H,2-7,9-10,17-18H2,1H3. The van der Waals surface area contributed by atoms with Gasteiger partial charge in [0.15, 0.2) is 6.29 Å². The molecule has 37 heavy (non-hydrogen) atoms. The summed E-state index contributed by atoms with van der Waals surface area (Å²) in [6, 6.07) is 10.2. The Balaban J connectivity index is 1.13. The first-order valence-electron chi connectivity index (χ1n) is 13.6. The maximum absolute atomic E-state index is 15.2. The van der Waals surface area contributed by atoms with Gasteiger partial charge in [0.1, 0.15) is 17.4 Å². The van der Waals surface area contributed by atoms with Crippen LogP contribution in [0.1, 0.15) is 81.3 Å². The lowest BCUT2D eigenvalue weighted by molar-refractivity contribution is -0.226. The molecule has 0 radical (unpaired) electrons. The topological polar surface area (TPSA) is 27.7 Å². The van der Waals surface area contributed by atoms with Gasteiger partial charge in [0.2, 0.25) is 0 Å². The van der Waals surface area contributed by atoms with Crippen LogP contribution in [0, 0.1) is 29.4 Å². The predicted molar refractivity (Wildman–Crippen MR) is 133 cm³/mol. The minimum Gasteiger partial charge on any atom is -0.432 e. The number of ether oxygens (including phenoxy) is 3. The van der Waals surface area contributed by atoms with Crippen molar-refractivity contribution in [2.75, 3.05) is 13.2 Å².